The largest absolute Gasteiger partial charge is 0.384 e. The van der Waals surface area contributed by atoms with Crippen LogP contribution in [0.1, 0.15) is 23.7 Å². The average Bonchev–Trinajstić information content (AvgIpc) is 2.77. The molecule has 8 nitrogen and oxygen atoms in total. The molecule has 0 saturated carbocycles. The first-order valence-corrected chi connectivity index (χ1v) is 9.56. The van der Waals surface area contributed by atoms with Crippen LogP contribution in [0.4, 0.5) is 13.2 Å². The minimum atomic E-state index is -1.09. The van der Waals surface area contributed by atoms with Crippen LogP contribution in [-0.4, -0.2) is 36.9 Å². The second kappa shape index (κ2) is 10.2. The number of pyridine rings is 1. The number of carbonyl (C=O) groups excluding carboxylic acids is 2. The first kappa shape index (κ1) is 23.2. The van der Waals surface area contributed by atoms with Crippen molar-refractivity contribution in [2.75, 3.05) is 13.7 Å². The molecule has 2 aromatic rings. The monoisotopic (exact) mass is 467 g/mol. The number of benzene rings is 1. The van der Waals surface area contributed by atoms with Gasteiger partial charge in [0.05, 0.1) is 23.4 Å². The van der Waals surface area contributed by atoms with Gasteiger partial charge >= 0.3 is 0 Å². The normalized spacial score (nSPS) is 15.7. The Labute approximate surface area is 185 Å². The minimum absolute atomic E-state index is 0.0466. The van der Waals surface area contributed by atoms with E-state index in [9.17, 15) is 22.8 Å². The van der Waals surface area contributed by atoms with E-state index >= 15 is 0 Å². The van der Waals surface area contributed by atoms with Gasteiger partial charge < -0.3 is 10.1 Å². The van der Waals surface area contributed by atoms with Crippen molar-refractivity contribution >= 4 is 29.8 Å². The van der Waals surface area contributed by atoms with Gasteiger partial charge in [0.2, 0.25) is 6.41 Å². The second-order valence-corrected chi connectivity index (χ2v) is 6.92. The Morgan fingerprint density at radius 3 is 2.72 bits per heavy atom. The standard InChI is InChI=1S/C20H17ClF3N5O3/c1-32-5-4-15-16(20(31)29-26-9-30)17(10-2-3-13(23)12(21)6-10)28-19(27-15)18-14(24)7-11(22)8-25-18/h2-3,6-9,17H,4-5H2,1H3,(H,26,30)(H,27,28)(H,29,31). The fourth-order valence-electron chi connectivity index (χ4n) is 3.06. The summed E-state index contributed by atoms with van der Waals surface area (Å²) >= 11 is 5.91. The van der Waals surface area contributed by atoms with Gasteiger partial charge in [-0.25, -0.2) is 18.2 Å². The highest BCUT2D eigenvalue weighted by molar-refractivity contribution is 6.30. The SMILES string of the molecule is COCCC1=C(C(=O)NNC=O)C(c2ccc(F)c(Cl)c2)N=C(c2ncc(F)cc2F)N1. The number of hydrazine groups is 1. The van der Waals surface area contributed by atoms with Crippen LogP contribution in [0, 0.1) is 17.5 Å². The van der Waals surface area contributed by atoms with E-state index < -0.39 is 29.4 Å². The van der Waals surface area contributed by atoms with E-state index in [4.69, 9.17) is 16.3 Å². The molecule has 0 radical (unpaired) electrons. The summed E-state index contributed by atoms with van der Waals surface area (Å²) in [6, 6.07) is 3.29. The van der Waals surface area contributed by atoms with Gasteiger partial charge in [-0.1, -0.05) is 17.7 Å². The maximum Gasteiger partial charge on any atom is 0.269 e. The van der Waals surface area contributed by atoms with E-state index in [1.165, 1.54) is 19.2 Å². The molecule has 0 spiro atoms. The molecule has 0 saturated heterocycles. The third-order valence-corrected chi connectivity index (χ3v) is 4.75. The van der Waals surface area contributed by atoms with E-state index in [1.807, 2.05) is 0 Å². The molecule has 0 fully saturated rings. The number of ether oxygens (including phenoxy) is 1. The summed E-state index contributed by atoms with van der Waals surface area (Å²) in [6.45, 7) is 0.170. The summed E-state index contributed by atoms with van der Waals surface area (Å²) in [5.41, 5.74) is 4.59. The summed E-state index contributed by atoms with van der Waals surface area (Å²) in [5.74, 6) is -3.35. The van der Waals surface area contributed by atoms with Crippen molar-refractivity contribution < 1.29 is 27.5 Å². The van der Waals surface area contributed by atoms with Crippen LogP contribution in [0.5, 0.6) is 0 Å². The number of aromatic nitrogens is 1. The van der Waals surface area contributed by atoms with Crippen LogP contribution in [0.2, 0.25) is 5.02 Å². The zero-order valence-corrected chi connectivity index (χ0v) is 17.3. The van der Waals surface area contributed by atoms with Crippen molar-refractivity contribution in [2.45, 2.75) is 12.5 Å². The highest BCUT2D eigenvalue weighted by Crippen LogP contribution is 2.34. The molecule has 2 heterocycles. The predicted octanol–water partition coefficient (Wildman–Crippen LogP) is 2.31. The third-order valence-electron chi connectivity index (χ3n) is 4.46. The van der Waals surface area contributed by atoms with Gasteiger partial charge in [0.25, 0.3) is 5.91 Å². The van der Waals surface area contributed by atoms with Crippen LogP contribution in [0.15, 0.2) is 46.7 Å². The molecule has 1 aliphatic rings. The highest BCUT2D eigenvalue weighted by atomic mass is 35.5. The van der Waals surface area contributed by atoms with Crippen LogP contribution in [0.3, 0.4) is 0 Å². The Hall–Kier alpha value is -3.44. The Morgan fingerprint density at radius 1 is 1.28 bits per heavy atom. The number of hydrogen-bond donors (Lipinski definition) is 3. The molecular weight excluding hydrogens is 451 g/mol. The summed E-state index contributed by atoms with van der Waals surface area (Å²) in [6.07, 6.45) is 1.24. The molecule has 3 rings (SSSR count). The molecule has 1 unspecified atom stereocenters. The number of nitrogens with one attached hydrogen (secondary N) is 3. The van der Waals surface area contributed by atoms with Gasteiger partial charge in [-0.2, -0.15) is 0 Å². The smallest absolute Gasteiger partial charge is 0.269 e. The van der Waals surface area contributed by atoms with E-state index in [1.54, 1.807) is 0 Å². The number of carbonyl (C=O) groups is 2. The van der Waals surface area contributed by atoms with Crippen molar-refractivity contribution in [3.63, 3.8) is 0 Å². The first-order valence-electron chi connectivity index (χ1n) is 9.18. The zero-order valence-electron chi connectivity index (χ0n) is 16.6. The van der Waals surface area contributed by atoms with E-state index in [-0.39, 0.29) is 47.3 Å². The molecule has 1 aromatic carbocycles. The highest BCUT2D eigenvalue weighted by Gasteiger charge is 2.32. The van der Waals surface area contributed by atoms with Crippen molar-refractivity contribution in [2.24, 2.45) is 4.99 Å². The number of rotatable bonds is 8. The van der Waals surface area contributed by atoms with Crippen molar-refractivity contribution in [1.82, 2.24) is 21.2 Å². The molecular formula is C20H17ClF3N5O3. The maximum atomic E-state index is 14.4. The number of amides is 2. The summed E-state index contributed by atoms with van der Waals surface area (Å²) in [7, 11) is 1.45. The Morgan fingerprint density at radius 2 is 2.06 bits per heavy atom. The number of halogens is 4. The van der Waals surface area contributed by atoms with Gasteiger partial charge in [-0.15, -0.1) is 0 Å². The minimum Gasteiger partial charge on any atom is -0.384 e. The molecule has 0 bridgehead atoms. The van der Waals surface area contributed by atoms with E-state index in [2.05, 4.69) is 26.1 Å². The zero-order chi connectivity index (χ0) is 23.3. The number of methoxy groups -OCH3 is 1. The Balaban J connectivity index is 2.17. The lowest BCUT2D eigenvalue weighted by atomic mass is 9.93. The summed E-state index contributed by atoms with van der Waals surface area (Å²) in [4.78, 5) is 31.6. The fourth-order valence-corrected chi connectivity index (χ4v) is 3.25. The number of amidine groups is 1. The summed E-state index contributed by atoms with van der Waals surface area (Å²) < 4.78 is 46.6. The van der Waals surface area contributed by atoms with Crippen LogP contribution >= 0.6 is 11.6 Å². The van der Waals surface area contributed by atoms with Gasteiger partial charge in [0.1, 0.15) is 23.4 Å². The van der Waals surface area contributed by atoms with Crippen molar-refractivity contribution in [3.05, 3.63) is 75.5 Å². The molecule has 168 valence electrons. The second-order valence-electron chi connectivity index (χ2n) is 6.51. The molecule has 1 atom stereocenters. The van der Waals surface area contributed by atoms with Crippen molar-refractivity contribution in [1.29, 1.82) is 0 Å². The lowest BCUT2D eigenvalue weighted by Crippen LogP contribution is -2.42. The summed E-state index contributed by atoms with van der Waals surface area (Å²) in [5, 5.41) is 2.62. The van der Waals surface area contributed by atoms with Crippen LogP contribution in [-0.2, 0) is 14.3 Å². The molecule has 1 aromatic heterocycles. The lowest BCUT2D eigenvalue weighted by molar-refractivity contribution is -0.122. The first-order chi connectivity index (χ1) is 15.3. The van der Waals surface area contributed by atoms with E-state index in [0.29, 0.717) is 11.6 Å². The number of nitrogens with zero attached hydrogens (tertiary/aromatic N) is 2. The van der Waals surface area contributed by atoms with Crippen molar-refractivity contribution in [3.8, 4) is 0 Å². The molecule has 3 N–H and O–H groups in total. The Kier molecular flexibility index (Phi) is 7.44. The van der Waals surface area contributed by atoms with E-state index in [0.717, 1.165) is 12.3 Å². The lowest BCUT2D eigenvalue weighted by Gasteiger charge is -2.28. The Bertz CT molecular complexity index is 1110. The quantitative estimate of drug-likeness (QED) is 0.408. The predicted molar refractivity (Wildman–Crippen MR) is 109 cm³/mol. The van der Waals surface area contributed by atoms with Crippen LogP contribution < -0.4 is 16.2 Å². The molecule has 32 heavy (non-hydrogen) atoms. The fraction of sp³-hybridized carbons (Fsp3) is 0.200. The number of hydrogen-bond acceptors (Lipinski definition) is 6. The molecule has 1 aliphatic heterocycles. The molecule has 0 aliphatic carbocycles. The number of aliphatic imine (C=N–C) groups is 1. The average molecular weight is 468 g/mol. The molecule has 12 heteroatoms. The van der Waals surface area contributed by atoms with Gasteiger partial charge in [-0.3, -0.25) is 25.4 Å². The van der Waals surface area contributed by atoms with Crippen LogP contribution in [0.25, 0.3) is 0 Å². The topological polar surface area (TPSA) is 105 Å². The molecule has 2 amide bonds. The third kappa shape index (κ3) is 5.06. The van der Waals surface area contributed by atoms with Gasteiger partial charge in [0, 0.05) is 25.3 Å². The van der Waals surface area contributed by atoms with Gasteiger partial charge in [0.15, 0.2) is 11.7 Å². The van der Waals surface area contributed by atoms with Gasteiger partial charge in [-0.05, 0) is 17.7 Å². The maximum absolute atomic E-state index is 14.4.